The number of rotatable bonds is 6. The normalized spacial score (nSPS) is 16.2. The number of amides is 1. The first-order chi connectivity index (χ1) is 9.13. The highest BCUT2D eigenvalue weighted by molar-refractivity contribution is 5.82. The topological polar surface area (TPSA) is 55.6 Å². The molecule has 1 saturated carbocycles. The number of benzene rings is 1. The molecule has 1 unspecified atom stereocenters. The Balaban J connectivity index is 2.08. The Bertz CT molecular complexity index is 449. The number of halogens is 1. The average Bonchev–Trinajstić information content (AvgIpc) is 3.21. The summed E-state index contributed by atoms with van der Waals surface area (Å²) in [6.07, 6.45) is 1.92. The SMILES string of the molecule is COCC(N)C(=O)N(Cc1ccccc1F)C1CC1. The fourth-order valence-electron chi connectivity index (χ4n) is 2.05. The van der Waals surface area contributed by atoms with Gasteiger partial charge in [0.25, 0.3) is 0 Å². The molecule has 1 aromatic rings. The highest BCUT2D eigenvalue weighted by Gasteiger charge is 2.35. The van der Waals surface area contributed by atoms with Crippen molar-refractivity contribution in [1.82, 2.24) is 4.90 Å². The zero-order valence-corrected chi connectivity index (χ0v) is 11.0. The number of methoxy groups -OCH3 is 1. The fraction of sp³-hybridized carbons (Fsp3) is 0.500. The van der Waals surface area contributed by atoms with Gasteiger partial charge in [0.05, 0.1) is 6.61 Å². The summed E-state index contributed by atoms with van der Waals surface area (Å²) in [6.45, 7) is 0.451. The quantitative estimate of drug-likeness (QED) is 0.844. The van der Waals surface area contributed by atoms with Crippen LogP contribution in [0.2, 0.25) is 0 Å². The molecule has 1 atom stereocenters. The van der Waals surface area contributed by atoms with Crippen LogP contribution in [0.25, 0.3) is 0 Å². The Labute approximate surface area is 112 Å². The number of hydrogen-bond acceptors (Lipinski definition) is 3. The molecule has 1 aliphatic rings. The van der Waals surface area contributed by atoms with E-state index in [2.05, 4.69) is 0 Å². The van der Waals surface area contributed by atoms with E-state index < -0.39 is 6.04 Å². The molecule has 0 spiro atoms. The molecule has 0 bridgehead atoms. The molecule has 1 aliphatic carbocycles. The van der Waals surface area contributed by atoms with Gasteiger partial charge in [0.15, 0.2) is 0 Å². The second kappa shape index (κ2) is 6.12. The molecule has 2 rings (SSSR count). The van der Waals surface area contributed by atoms with E-state index in [0.717, 1.165) is 12.8 Å². The minimum atomic E-state index is -0.683. The summed E-state index contributed by atoms with van der Waals surface area (Å²) in [5.41, 5.74) is 6.30. The van der Waals surface area contributed by atoms with Crippen molar-refractivity contribution in [2.75, 3.05) is 13.7 Å². The fourth-order valence-corrected chi connectivity index (χ4v) is 2.05. The molecule has 0 aromatic heterocycles. The minimum Gasteiger partial charge on any atom is -0.383 e. The van der Waals surface area contributed by atoms with E-state index in [0.29, 0.717) is 5.56 Å². The van der Waals surface area contributed by atoms with E-state index in [1.54, 1.807) is 23.1 Å². The molecule has 0 aliphatic heterocycles. The van der Waals surface area contributed by atoms with Gasteiger partial charge >= 0.3 is 0 Å². The van der Waals surface area contributed by atoms with Gasteiger partial charge in [-0.25, -0.2) is 4.39 Å². The van der Waals surface area contributed by atoms with Crippen LogP contribution in [0.5, 0.6) is 0 Å². The van der Waals surface area contributed by atoms with Gasteiger partial charge in [-0.05, 0) is 18.9 Å². The van der Waals surface area contributed by atoms with E-state index in [4.69, 9.17) is 10.5 Å². The summed E-state index contributed by atoms with van der Waals surface area (Å²) < 4.78 is 18.6. The number of hydrogen-bond donors (Lipinski definition) is 1. The van der Waals surface area contributed by atoms with Crippen LogP contribution < -0.4 is 5.73 Å². The summed E-state index contributed by atoms with van der Waals surface area (Å²) >= 11 is 0. The Morgan fingerprint density at radius 3 is 2.79 bits per heavy atom. The van der Waals surface area contributed by atoms with E-state index >= 15 is 0 Å². The first-order valence-electron chi connectivity index (χ1n) is 6.42. The van der Waals surface area contributed by atoms with Crippen LogP contribution in [-0.2, 0) is 16.1 Å². The van der Waals surface area contributed by atoms with Gasteiger partial charge in [0, 0.05) is 25.3 Å². The number of carbonyl (C=O) groups is 1. The maximum Gasteiger partial charge on any atom is 0.242 e. The maximum absolute atomic E-state index is 13.7. The highest BCUT2D eigenvalue weighted by atomic mass is 19.1. The predicted octanol–water partition coefficient (Wildman–Crippen LogP) is 1.29. The summed E-state index contributed by atoms with van der Waals surface area (Å²) in [4.78, 5) is 13.9. The van der Waals surface area contributed by atoms with Crippen LogP contribution >= 0.6 is 0 Å². The van der Waals surface area contributed by atoms with Gasteiger partial charge in [0.2, 0.25) is 5.91 Å². The maximum atomic E-state index is 13.7. The van der Waals surface area contributed by atoms with Crippen LogP contribution in [0.3, 0.4) is 0 Å². The molecule has 104 valence electrons. The van der Waals surface area contributed by atoms with Crippen molar-refractivity contribution >= 4 is 5.91 Å². The molecular weight excluding hydrogens is 247 g/mol. The molecular formula is C14H19FN2O2. The zero-order chi connectivity index (χ0) is 13.8. The third-order valence-corrected chi connectivity index (χ3v) is 3.23. The number of nitrogens with zero attached hydrogens (tertiary/aromatic N) is 1. The molecule has 4 nitrogen and oxygen atoms in total. The van der Waals surface area contributed by atoms with Gasteiger partial charge in [-0.3, -0.25) is 4.79 Å². The molecule has 0 heterocycles. The van der Waals surface area contributed by atoms with Gasteiger partial charge in [-0.15, -0.1) is 0 Å². The lowest BCUT2D eigenvalue weighted by molar-refractivity contribution is -0.135. The third kappa shape index (κ3) is 3.52. The molecule has 0 saturated heterocycles. The van der Waals surface area contributed by atoms with E-state index in [1.165, 1.54) is 13.2 Å². The Kier molecular flexibility index (Phi) is 4.50. The van der Waals surface area contributed by atoms with Gasteiger partial charge in [0.1, 0.15) is 11.9 Å². The zero-order valence-electron chi connectivity index (χ0n) is 11.0. The van der Waals surface area contributed by atoms with E-state index in [9.17, 15) is 9.18 Å². The number of ether oxygens (including phenoxy) is 1. The molecule has 1 amide bonds. The smallest absolute Gasteiger partial charge is 0.242 e. The third-order valence-electron chi connectivity index (χ3n) is 3.23. The van der Waals surface area contributed by atoms with Crippen LogP contribution in [0.1, 0.15) is 18.4 Å². The summed E-state index contributed by atoms with van der Waals surface area (Å²) in [5.74, 6) is -0.464. The molecule has 1 aromatic carbocycles. The van der Waals surface area contributed by atoms with Crippen molar-refractivity contribution in [1.29, 1.82) is 0 Å². The van der Waals surface area contributed by atoms with Gasteiger partial charge in [-0.2, -0.15) is 0 Å². The lowest BCUT2D eigenvalue weighted by Gasteiger charge is -2.25. The molecule has 5 heteroatoms. The van der Waals surface area contributed by atoms with Crippen molar-refractivity contribution in [3.8, 4) is 0 Å². The average molecular weight is 266 g/mol. The van der Waals surface area contributed by atoms with Crippen molar-refractivity contribution in [3.05, 3.63) is 35.6 Å². The van der Waals surface area contributed by atoms with Crippen LogP contribution in [-0.4, -0.2) is 36.6 Å². The summed E-state index contributed by atoms with van der Waals surface area (Å²) in [7, 11) is 1.51. The van der Waals surface area contributed by atoms with Gasteiger partial charge in [-0.1, -0.05) is 18.2 Å². The van der Waals surface area contributed by atoms with Crippen molar-refractivity contribution in [2.45, 2.75) is 31.5 Å². The first-order valence-corrected chi connectivity index (χ1v) is 6.42. The molecule has 1 fully saturated rings. The minimum absolute atomic E-state index is 0.174. The number of carbonyl (C=O) groups excluding carboxylic acids is 1. The second-order valence-corrected chi connectivity index (χ2v) is 4.85. The number of nitrogens with two attached hydrogens (primary N) is 1. The van der Waals surface area contributed by atoms with Crippen molar-refractivity contribution in [3.63, 3.8) is 0 Å². The lowest BCUT2D eigenvalue weighted by atomic mass is 10.1. The molecule has 19 heavy (non-hydrogen) atoms. The highest BCUT2D eigenvalue weighted by Crippen LogP contribution is 2.29. The Hall–Kier alpha value is -1.46. The van der Waals surface area contributed by atoms with Crippen LogP contribution in [0.15, 0.2) is 24.3 Å². The lowest BCUT2D eigenvalue weighted by Crippen LogP contribution is -2.46. The van der Waals surface area contributed by atoms with Crippen LogP contribution in [0, 0.1) is 5.82 Å². The largest absolute Gasteiger partial charge is 0.383 e. The van der Waals surface area contributed by atoms with E-state index in [1.807, 2.05) is 0 Å². The Morgan fingerprint density at radius 1 is 1.53 bits per heavy atom. The monoisotopic (exact) mass is 266 g/mol. The standard InChI is InChI=1S/C14H19FN2O2/c1-19-9-13(16)14(18)17(11-6-7-11)8-10-4-2-3-5-12(10)15/h2-5,11,13H,6-9,16H2,1H3. The van der Waals surface area contributed by atoms with Crippen LogP contribution in [0.4, 0.5) is 4.39 Å². The first kappa shape index (κ1) is 14.0. The Morgan fingerprint density at radius 2 is 2.21 bits per heavy atom. The van der Waals surface area contributed by atoms with E-state index in [-0.39, 0.29) is 30.9 Å². The molecule has 2 N–H and O–H groups in total. The predicted molar refractivity (Wildman–Crippen MR) is 69.8 cm³/mol. The van der Waals surface area contributed by atoms with Crippen molar-refractivity contribution < 1.29 is 13.9 Å². The van der Waals surface area contributed by atoms with Crippen molar-refractivity contribution in [2.24, 2.45) is 5.73 Å². The summed E-state index contributed by atoms with van der Waals surface area (Å²) in [6, 6.07) is 6.01. The second-order valence-electron chi connectivity index (χ2n) is 4.85. The molecule has 0 radical (unpaired) electrons. The van der Waals surface area contributed by atoms with Gasteiger partial charge < -0.3 is 15.4 Å². The summed E-state index contributed by atoms with van der Waals surface area (Å²) in [5, 5.41) is 0.